The fraction of sp³-hybridized carbons (Fsp3) is 0.333. The Hall–Kier alpha value is -1.83. The molecule has 1 aromatic carbocycles. The predicted molar refractivity (Wildman–Crippen MR) is 77.0 cm³/mol. The molecule has 5 heteroatoms. The molecule has 1 amide bonds. The number of carbonyl (C=O) groups excluding carboxylic acids is 1. The van der Waals surface area contributed by atoms with E-state index in [1.807, 2.05) is 6.07 Å². The van der Waals surface area contributed by atoms with Crippen LogP contribution in [0.3, 0.4) is 0 Å². The molecule has 1 saturated heterocycles. The largest absolute Gasteiger partial charge is 0.376 e. The number of benzene rings is 1. The Kier molecular flexibility index (Phi) is 5.16. The van der Waals surface area contributed by atoms with Crippen molar-refractivity contribution in [2.75, 3.05) is 13.2 Å². The molecule has 1 aromatic rings. The molecule has 104 valence electrons. The van der Waals surface area contributed by atoms with Gasteiger partial charge in [-0.3, -0.25) is 4.79 Å². The third-order valence-electron chi connectivity index (χ3n) is 3.06. The second-order valence-electron chi connectivity index (χ2n) is 4.57. The van der Waals surface area contributed by atoms with E-state index < -0.39 is 0 Å². The van der Waals surface area contributed by atoms with Crippen molar-refractivity contribution in [3.8, 4) is 6.07 Å². The van der Waals surface area contributed by atoms with Crippen LogP contribution in [0.25, 0.3) is 6.08 Å². The Morgan fingerprint density at radius 1 is 1.50 bits per heavy atom. The Labute approximate surface area is 123 Å². The molecule has 2 rings (SSSR count). The van der Waals surface area contributed by atoms with E-state index in [1.165, 1.54) is 0 Å². The monoisotopic (exact) mass is 290 g/mol. The molecule has 1 fully saturated rings. The van der Waals surface area contributed by atoms with Crippen LogP contribution in [0.2, 0.25) is 5.02 Å². The highest BCUT2D eigenvalue weighted by Gasteiger charge is 2.17. The normalized spacial score (nSPS) is 18.6. The Morgan fingerprint density at radius 2 is 2.25 bits per heavy atom. The molecular formula is C15H15ClN2O2. The van der Waals surface area contributed by atoms with Gasteiger partial charge in [-0.25, -0.2) is 0 Å². The minimum atomic E-state index is -0.377. The van der Waals surface area contributed by atoms with Gasteiger partial charge in [-0.05, 0) is 36.6 Å². The van der Waals surface area contributed by atoms with E-state index in [-0.39, 0.29) is 17.6 Å². The number of nitriles is 1. The maximum Gasteiger partial charge on any atom is 0.262 e. The van der Waals surface area contributed by atoms with Crippen LogP contribution in [0.4, 0.5) is 0 Å². The van der Waals surface area contributed by atoms with Gasteiger partial charge in [-0.2, -0.15) is 5.26 Å². The van der Waals surface area contributed by atoms with Crippen LogP contribution >= 0.6 is 11.6 Å². The average Bonchev–Trinajstić information content (AvgIpc) is 2.97. The highest BCUT2D eigenvalue weighted by molar-refractivity contribution is 6.30. The fourth-order valence-corrected chi connectivity index (χ4v) is 2.11. The summed E-state index contributed by atoms with van der Waals surface area (Å²) < 4.78 is 5.42. The summed E-state index contributed by atoms with van der Waals surface area (Å²) in [5.74, 6) is -0.377. The zero-order chi connectivity index (χ0) is 14.4. The number of hydrogen-bond acceptors (Lipinski definition) is 3. The number of nitrogens with zero attached hydrogens (tertiary/aromatic N) is 1. The van der Waals surface area contributed by atoms with E-state index in [1.54, 1.807) is 30.3 Å². The summed E-state index contributed by atoms with van der Waals surface area (Å²) in [7, 11) is 0. The second kappa shape index (κ2) is 7.09. The molecule has 1 heterocycles. The lowest BCUT2D eigenvalue weighted by atomic mass is 10.1. The Balaban J connectivity index is 1.97. The van der Waals surface area contributed by atoms with Gasteiger partial charge in [0.15, 0.2) is 0 Å². The number of carbonyl (C=O) groups is 1. The molecule has 4 nitrogen and oxygen atoms in total. The van der Waals surface area contributed by atoms with E-state index in [0.29, 0.717) is 11.6 Å². The van der Waals surface area contributed by atoms with E-state index in [9.17, 15) is 4.79 Å². The van der Waals surface area contributed by atoms with Gasteiger partial charge >= 0.3 is 0 Å². The first kappa shape index (κ1) is 14.6. The summed E-state index contributed by atoms with van der Waals surface area (Å²) in [4.78, 5) is 11.9. The lowest BCUT2D eigenvalue weighted by Crippen LogP contribution is -2.32. The number of amides is 1. The van der Waals surface area contributed by atoms with Crippen LogP contribution in [-0.4, -0.2) is 25.2 Å². The van der Waals surface area contributed by atoms with E-state index >= 15 is 0 Å². The van der Waals surface area contributed by atoms with Crippen molar-refractivity contribution in [3.05, 3.63) is 40.4 Å². The topological polar surface area (TPSA) is 62.1 Å². The Bertz CT molecular complexity index is 540. The zero-order valence-corrected chi connectivity index (χ0v) is 11.7. The van der Waals surface area contributed by atoms with Crippen molar-refractivity contribution in [1.29, 1.82) is 5.26 Å². The quantitative estimate of drug-likeness (QED) is 0.685. The molecule has 1 aliphatic heterocycles. The van der Waals surface area contributed by atoms with Crippen LogP contribution in [0.5, 0.6) is 0 Å². The van der Waals surface area contributed by atoms with Gasteiger partial charge in [0.05, 0.1) is 6.10 Å². The molecule has 0 radical (unpaired) electrons. The van der Waals surface area contributed by atoms with Gasteiger partial charge in [0.1, 0.15) is 11.6 Å². The molecule has 0 unspecified atom stereocenters. The highest BCUT2D eigenvalue weighted by atomic mass is 35.5. The summed E-state index contributed by atoms with van der Waals surface area (Å²) in [5.41, 5.74) is 0.837. The number of halogens is 1. The first-order valence-corrected chi connectivity index (χ1v) is 6.84. The van der Waals surface area contributed by atoms with Gasteiger partial charge in [0.2, 0.25) is 0 Å². The standard InChI is InChI=1S/C15H15ClN2O2/c16-13-5-3-11(4-6-13)8-12(9-17)15(19)18-10-14-2-1-7-20-14/h3-6,8,14H,1-2,7,10H2,(H,18,19)/b12-8+/t14-/m1/s1. The van der Waals surface area contributed by atoms with Crippen LogP contribution < -0.4 is 5.32 Å². The van der Waals surface area contributed by atoms with Crippen LogP contribution in [0.15, 0.2) is 29.8 Å². The van der Waals surface area contributed by atoms with Crippen molar-refractivity contribution >= 4 is 23.6 Å². The predicted octanol–water partition coefficient (Wildman–Crippen LogP) is 2.54. The summed E-state index contributed by atoms with van der Waals surface area (Å²) >= 11 is 5.79. The van der Waals surface area contributed by atoms with E-state index in [0.717, 1.165) is 25.0 Å². The van der Waals surface area contributed by atoms with Gasteiger partial charge in [0, 0.05) is 18.2 Å². The minimum absolute atomic E-state index is 0.0643. The lowest BCUT2D eigenvalue weighted by Gasteiger charge is -2.10. The SMILES string of the molecule is N#C/C(=C\c1ccc(Cl)cc1)C(=O)NC[C@H]1CCCO1. The molecule has 20 heavy (non-hydrogen) atoms. The zero-order valence-electron chi connectivity index (χ0n) is 10.9. The first-order chi connectivity index (χ1) is 9.69. The number of rotatable bonds is 4. The number of hydrogen-bond donors (Lipinski definition) is 1. The van der Waals surface area contributed by atoms with Crippen LogP contribution in [-0.2, 0) is 9.53 Å². The maximum absolute atomic E-state index is 11.9. The minimum Gasteiger partial charge on any atom is -0.376 e. The summed E-state index contributed by atoms with van der Waals surface area (Å²) in [6.07, 6.45) is 3.57. The highest BCUT2D eigenvalue weighted by Crippen LogP contribution is 2.13. The molecule has 0 bridgehead atoms. The van der Waals surface area contributed by atoms with E-state index in [4.69, 9.17) is 21.6 Å². The van der Waals surface area contributed by atoms with Crippen molar-refractivity contribution in [3.63, 3.8) is 0 Å². The van der Waals surface area contributed by atoms with Crippen molar-refractivity contribution in [2.45, 2.75) is 18.9 Å². The molecule has 1 atom stereocenters. The molecule has 0 saturated carbocycles. The number of ether oxygens (including phenoxy) is 1. The molecule has 1 N–H and O–H groups in total. The molecule has 0 aliphatic carbocycles. The molecule has 0 aromatic heterocycles. The molecule has 0 spiro atoms. The van der Waals surface area contributed by atoms with Crippen LogP contribution in [0, 0.1) is 11.3 Å². The van der Waals surface area contributed by atoms with Crippen molar-refractivity contribution in [1.82, 2.24) is 5.32 Å². The van der Waals surface area contributed by atoms with Gasteiger partial charge in [-0.1, -0.05) is 23.7 Å². The van der Waals surface area contributed by atoms with Gasteiger partial charge in [-0.15, -0.1) is 0 Å². The Morgan fingerprint density at radius 3 is 2.85 bits per heavy atom. The molecule has 1 aliphatic rings. The summed E-state index contributed by atoms with van der Waals surface area (Å²) in [6.45, 7) is 1.19. The average molecular weight is 291 g/mol. The maximum atomic E-state index is 11.9. The summed E-state index contributed by atoms with van der Waals surface area (Å²) in [5, 5.41) is 12.4. The number of nitrogens with one attached hydrogen (secondary N) is 1. The second-order valence-corrected chi connectivity index (χ2v) is 5.00. The lowest BCUT2D eigenvalue weighted by molar-refractivity contribution is -0.117. The molecular weight excluding hydrogens is 276 g/mol. The first-order valence-electron chi connectivity index (χ1n) is 6.46. The van der Waals surface area contributed by atoms with Gasteiger partial charge < -0.3 is 10.1 Å². The van der Waals surface area contributed by atoms with Crippen molar-refractivity contribution < 1.29 is 9.53 Å². The fourth-order valence-electron chi connectivity index (χ4n) is 1.98. The van der Waals surface area contributed by atoms with E-state index in [2.05, 4.69) is 5.32 Å². The van der Waals surface area contributed by atoms with Crippen molar-refractivity contribution in [2.24, 2.45) is 0 Å². The van der Waals surface area contributed by atoms with Gasteiger partial charge in [0.25, 0.3) is 5.91 Å². The smallest absolute Gasteiger partial charge is 0.262 e. The third-order valence-corrected chi connectivity index (χ3v) is 3.31. The third kappa shape index (κ3) is 4.09. The van der Waals surface area contributed by atoms with Crippen LogP contribution in [0.1, 0.15) is 18.4 Å². The summed E-state index contributed by atoms with van der Waals surface area (Å²) in [6, 6.07) is 8.86.